The Kier molecular flexibility index (Phi) is 4.43. The van der Waals surface area contributed by atoms with Crippen molar-refractivity contribution in [3.8, 4) is 0 Å². The first-order chi connectivity index (χ1) is 9.53. The number of rotatable bonds is 5. The second kappa shape index (κ2) is 6.08. The van der Waals surface area contributed by atoms with Crippen molar-refractivity contribution >= 4 is 10.0 Å². The predicted octanol–water partition coefficient (Wildman–Crippen LogP) is 1.19. The van der Waals surface area contributed by atoms with Gasteiger partial charge in [0.1, 0.15) is 10.7 Å². The number of halogens is 1. The summed E-state index contributed by atoms with van der Waals surface area (Å²) < 4.78 is 40.0. The van der Waals surface area contributed by atoms with Gasteiger partial charge in [-0.3, -0.25) is 4.98 Å². The number of nitrogens with one attached hydrogen (secondary N) is 1. The lowest BCUT2D eigenvalue weighted by Crippen LogP contribution is -2.24. The number of benzene rings is 1. The zero-order chi connectivity index (χ0) is 14.6. The highest BCUT2D eigenvalue weighted by atomic mass is 32.2. The van der Waals surface area contributed by atoms with E-state index in [4.69, 9.17) is 5.11 Å². The Morgan fingerprint density at radius 2 is 1.85 bits per heavy atom. The Balaban J connectivity index is 2.18. The van der Waals surface area contributed by atoms with Crippen LogP contribution < -0.4 is 4.72 Å². The Morgan fingerprint density at radius 1 is 1.15 bits per heavy atom. The van der Waals surface area contributed by atoms with Crippen molar-refractivity contribution in [1.82, 2.24) is 9.71 Å². The van der Waals surface area contributed by atoms with Crippen LogP contribution in [0.25, 0.3) is 0 Å². The van der Waals surface area contributed by atoms with Gasteiger partial charge in [0.2, 0.25) is 10.0 Å². The summed E-state index contributed by atoms with van der Waals surface area (Å²) in [7, 11) is -3.94. The molecule has 0 aliphatic rings. The smallest absolute Gasteiger partial charge is 0.243 e. The molecular weight excluding hydrogens is 283 g/mol. The molecule has 1 aromatic carbocycles. The van der Waals surface area contributed by atoms with E-state index in [1.54, 1.807) is 24.5 Å². The number of aliphatic hydroxyl groups excluding tert-OH is 1. The maximum absolute atomic E-state index is 13.7. The van der Waals surface area contributed by atoms with Crippen LogP contribution in [0.15, 0.2) is 47.6 Å². The van der Waals surface area contributed by atoms with Crippen LogP contribution in [0.3, 0.4) is 0 Å². The Bertz CT molecular complexity index is 690. The molecule has 0 atom stereocenters. The van der Waals surface area contributed by atoms with Crippen LogP contribution in [0, 0.1) is 5.82 Å². The van der Waals surface area contributed by atoms with E-state index >= 15 is 0 Å². The monoisotopic (exact) mass is 296 g/mol. The Morgan fingerprint density at radius 3 is 2.45 bits per heavy atom. The van der Waals surface area contributed by atoms with Gasteiger partial charge < -0.3 is 5.11 Å². The highest BCUT2D eigenvalue weighted by molar-refractivity contribution is 7.89. The third-order valence-corrected chi connectivity index (χ3v) is 4.12. The van der Waals surface area contributed by atoms with Gasteiger partial charge >= 0.3 is 0 Å². The van der Waals surface area contributed by atoms with E-state index < -0.39 is 20.7 Å². The quantitative estimate of drug-likeness (QED) is 0.868. The van der Waals surface area contributed by atoms with Gasteiger partial charge in [-0.25, -0.2) is 17.5 Å². The van der Waals surface area contributed by atoms with Gasteiger partial charge in [-0.1, -0.05) is 6.07 Å². The van der Waals surface area contributed by atoms with Gasteiger partial charge in [0.25, 0.3) is 0 Å². The van der Waals surface area contributed by atoms with E-state index in [0.29, 0.717) is 5.56 Å². The van der Waals surface area contributed by atoms with Crippen LogP contribution in [0.5, 0.6) is 0 Å². The first-order valence-electron chi connectivity index (χ1n) is 5.81. The summed E-state index contributed by atoms with van der Waals surface area (Å²) in [5.74, 6) is -0.890. The Hall–Kier alpha value is -1.83. The molecule has 2 rings (SSSR count). The molecule has 0 amide bonds. The molecule has 7 heteroatoms. The van der Waals surface area contributed by atoms with E-state index in [-0.39, 0.29) is 13.2 Å². The summed E-state index contributed by atoms with van der Waals surface area (Å²) in [6, 6.07) is 6.82. The van der Waals surface area contributed by atoms with Crippen LogP contribution in [0.1, 0.15) is 11.1 Å². The second-order valence-corrected chi connectivity index (χ2v) is 5.84. The van der Waals surface area contributed by atoms with Crippen molar-refractivity contribution < 1.29 is 17.9 Å². The normalized spacial score (nSPS) is 11.5. The number of pyridine rings is 1. The SMILES string of the molecule is O=S(=O)(NCc1ccncc1)c1ccc(CO)cc1F. The van der Waals surface area contributed by atoms with Crippen LogP contribution in [0.4, 0.5) is 4.39 Å². The predicted molar refractivity (Wildman–Crippen MR) is 70.6 cm³/mol. The molecule has 0 unspecified atom stereocenters. The van der Waals surface area contributed by atoms with Crippen LogP contribution in [-0.2, 0) is 23.2 Å². The molecule has 0 bridgehead atoms. The second-order valence-electron chi connectivity index (χ2n) is 4.10. The summed E-state index contributed by atoms with van der Waals surface area (Å²) in [5.41, 5.74) is 1.03. The molecule has 0 saturated carbocycles. The van der Waals surface area contributed by atoms with Gasteiger partial charge in [0, 0.05) is 18.9 Å². The fourth-order valence-electron chi connectivity index (χ4n) is 1.62. The van der Waals surface area contributed by atoms with Crippen molar-refractivity contribution in [3.63, 3.8) is 0 Å². The fraction of sp³-hybridized carbons (Fsp3) is 0.154. The zero-order valence-electron chi connectivity index (χ0n) is 10.5. The van der Waals surface area contributed by atoms with E-state index in [1.165, 1.54) is 6.07 Å². The lowest BCUT2D eigenvalue weighted by atomic mass is 10.2. The van der Waals surface area contributed by atoms with E-state index in [9.17, 15) is 12.8 Å². The number of sulfonamides is 1. The largest absolute Gasteiger partial charge is 0.392 e. The fourth-order valence-corrected chi connectivity index (χ4v) is 2.69. The standard InChI is InChI=1S/C13H13FN2O3S/c14-12-7-11(9-17)1-2-13(12)20(18,19)16-8-10-3-5-15-6-4-10/h1-7,16-17H,8-9H2. The molecule has 0 radical (unpaired) electrons. The topological polar surface area (TPSA) is 79.3 Å². The minimum Gasteiger partial charge on any atom is -0.392 e. The third kappa shape index (κ3) is 3.38. The molecule has 106 valence electrons. The summed E-state index contributed by atoms with van der Waals surface area (Å²) in [4.78, 5) is 3.38. The Labute approximate surface area is 116 Å². The van der Waals surface area contributed by atoms with Crippen LogP contribution in [-0.4, -0.2) is 18.5 Å². The number of nitrogens with zero attached hydrogens (tertiary/aromatic N) is 1. The van der Waals surface area contributed by atoms with Crippen molar-refractivity contribution in [2.75, 3.05) is 0 Å². The molecule has 2 N–H and O–H groups in total. The molecule has 1 heterocycles. The highest BCUT2D eigenvalue weighted by Gasteiger charge is 2.18. The van der Waals surface area contributed by atoms with Gasteiger partial charge in [0.05, 0.1) is 6.61 Å². The first kappa shape index (κ1) is 14.6. The number of aliphatic hydroxyl groups is 1. The lowest BCUT2D eigenvalue weighted by molar-refractivity contribution is 0.281. The maximum atomic E-state index is 13.7. The molecule has 1 aromatic heterocycles. The van der Waals surface area contributed by atoms with Crippen molar-refractivity contribution in [2.45, 2.75) is 18.0 Å². The summed E-state index contributed by atoms with van der Waals surface area (Å²) in [5, 5.41) is 8.87. The number of hydrogen-bond donors (Lipinski definition) is 2. The van der Waals surface area contributed by atoms with Crippen molar-refractivity contribution in [1.29, 1.82) is 0 Å². The van der Waals surface area contributed by atoms with E-state index in [2.05, 4.69) is 9.71 Å². The zero-order valence-corrected chi connectivity index (χ0v) is 11.3. The van der Waals surface area contributed by atoms with Gasteiger partial charge in [-0.15, -0.1) is 0 Å². The average Bonchev–Trinajstić information content (AvgIpc) is 2.46. The molecule has 0 saturated heterocycles. The van der Waals surface area contributed by atoms with Crippen molar-refractivity contribution in [3.05, 3.63) is 59.7 Å². The molecule has 0 aliphatic carbocycles. The van der Waals surface area contributed by atoms with E-state index in [0.717, 1.165) is 17.7 Å². The third-order valence-electron chi connectivity index (χ3n) is 2.68. The molecule has 0 fully saturated rings. The summed E-state index contributed by atoms with van der Waals surface area (Å²) >= 11 is 0. The molecule has 0 spiro atoms. The highest BCUT2D eigenvalue weighted by Crippen LogP contribution is 2.16. The molecule has 2 aromatic rings. The molecule has 20 heavy (non-hydrogen) atoms. The maximum Gasteiger partial charge on any atom is 0.243 e. The minimum atomic E-state index is -3.94. The summed E-state index contributed by atoms with van der Waals surface area (Å²) in [6.45, 7) is -0.298. The van der Waals surface area contributed by atoms with E-state index in [1.807, 2.05) is 0 Å². The molecule has 5 nitrogen and oxygen atoms in total. The van der Waals surface area contributed by atoms with Crippen molar-refractivity contribution in [2.24, 2.45) is 0 Å². The lowest BCUT2D eigenvalue weighted by Gasteiger charge is -2.08. The first-order valence-corrected chi connectivity index (χ1v) is 7.29. The van der Waals surface area contributed by atoms with Gasteiger partial charge in [-0.2, -0.15) is 0 Å². The minimum absolute atomic E-state index is 0.0477. The van der Waals surface area contributed by atoms with Crippen LogP contribution in [0.2, 0.25) is 0 Å². The number of hydrogen-bond acceptors (Lipinski definition) is 4. The number of aromatic nitrogens is 1. The van der Waals surface area contributed by atoms with Crippen LogP contribution >= 0.6 is 0 Å². The van der Waals surface area contributed by atoms with Gasteiger partial charge in [0.15, 0.2) is 0 Å². The molecular formula is C13H13FN2O3S. The average molecular weight is 296 g/mol. The summed E-state index contributed by atoms with van der Waals surface area (Å²) in [6.07, 6.45) is 3.08. The van der Waals surface area contributed by atoms with Gasteiger partial charge in [-0.05, 0) is 35.4 Å². The molecule has 0 aliphatic heterocycles.